The highest BCUT2D eigenvalue weighted by Crippen LogP contribution is 2.33. The molecule has 0 saturated heterocycles. The smallest absolute Gasteiger partial charge is 0.0722 e. The predicted octanol–water partition coefficient (Wildman–Crippen LogP) is 3.15. The summed E-state index contributed by atoms with van der Waals surface area (Å²) >= 11 is 12.1. The van der Waals surface area contributed by atoms with Crippen LogP contribution in [0.25, 0.3) is 0 Å². The molecule has 4 N–H and O–H groups in total. The van der Waals surface area contributed by atoms with Crippen LogP contribution in [0.15, 0.2) is 12.1 Å². The summed E-state index contributed by atoms with van der Waals surface area (Å²) < 4.78 is 0. The monoisotopic (exact) mass is 262 g/mol. The first-order chi connectivity index (χ1) is 7.40. The zero-order valence-electron chi connectivity index (χ0n) is 9.30. The molecular weight excluding hydrogens is 247 g/mol. The molecule has 0 amide bonds. The van der Waals surface area contributed by atoms with Crippen LogP contribution in [0.2, 0.25) is 10.0 Å². The van der Waals surface area contributed by atoms with Crippen molar-refractivity contribution in [1.82, 2.24) is 0 Å². The van der Waals surface area contributed by atoms with Gasteiger partial charge < -0.3 is 16.2 Å². The number of nitrogen functional groups attached to an aromatic ring is 1. The van der Waals surface area contributed by atoms with Crippen molar-refractivity contribution in [3.8, 4) is 0 Å². The highest BCUT2D eigenvalue weighted by Gasteiger charge is 2.11. The van der Waals surface area contributed by atoms with Crippen molar-refractivity contribution in [3.63, 3.8) is 0 Å². The van der Waals surface area contributed by atoms with E-state index in [2.05, 4.69) is 5.32 Å². The first kappa shape index (κ1) is 13.4. The average molecular weight is 263 g/mol. The number of aliphatic hydroxyl groups excluding tert-OH is 1. The van der Waals surface area contributed by atoms with Crippen molar-refractivity contribution in [3.05, 3.63) is 22.2 Å². The van der Waals surface area contributed by atoms with E-state index < -0.39 is 0 Å². The van der Waals surface area contributed by atoms with E-state index in [1.54, 1.807) is 19.1 Å². The molecule has 0 aliphatic heterocycles. The topological polar surface area (TPSA) is 58.3 Å². The summed E-state index contributed by atoms with van der Waals surface area (Å²) in [7, 11) is 0. The van der Waals surface area contributed by atoms with E-state index in [9.17, 15) is 5.11 Å². The van der Waals surface area contributed by atoms with E-state index in [0.717, 1.165) is 0 Å². The number of halogens is 2. The Bertz CT molecular complexity index is 346. The third kappa shape index (κ3) is 3.74. The van der Waals surface area contributed by atoms with E-state index in [0.29, 0.717) is 27.8 Å². The van der Waals surface area contributed by atoms with Crippen LogP contribution in [0.5, 0.6) is 0 Å². The third-order valence-corrected chi connectivity index (χ3v) is 2.75. The van der Waals surface area contributed by atoms with Gasteiger partial charge >= 0.3 is 0 Å². The minimum absolute atomic E-state index is 0.0821. The molecule has 0 aliphatic rings. The van der Waals surface area contributed by atoms with Crippen LogP contribution < -0.4 is 11.1 Å². The highest BCUT2D eigenvalue weighted by atomic mass is 35.5. The fraction of sp³-hybridized carbons (Fsp3) is 0.455. The number of nitrogens with one attached hydrogen (secondary N) is 1. The fourth-order valence-corrected chi connectivity index (χ4v) is 2.16. The van der Waals surface area contributed by atoms with E-state index in [1.807, 2.05) is 6.92 Å². The molecule has 1 aromatic carbocycles. The molecule has 0 fully saturated rings. The average Bonchev–Trinajstić information content (AvgIpc) is 2.09. The maximum Gasteiger partial charge on any atom is 0.0722 e. The van der Waals surface area contributed by atoms with Crippen LogP contribution in [0, 0.1) is 0 Å². The van der Waals surface area contributed by atoms with Gasteiger partial charge in [-0.15, -0.1) is 0 Å². The Labute approximate surface area is 106 Å². The second-order valence-corrected chi connectivity index (χ2v) is 4.80. The summed E-state index contributed by atoms with van der Waals surface area (Å²) in [5, 5.41) is 13.4. The van der Waals surface area contributed by atoms with Gasteiger partial charge in [-0.05, 0) is 32.4 Å². The Hall–Kier alpha value is -0.640. The number of hydrogen-bond donors (Lipinski definition) is 3. The summed E-state index contributed by atoms with van der Waals surface area (Å²) in [5.41, 5.74) is 6.79. The van der Waals surface area contributed by atoms with Gasteiger partial charge in [0.2, 0.25) is 0 Å². The van der Waals surface area contributed by atoms with E-state index in [4.69, 9.17) is 28.9 Å². The maximum atomic E-state index is 9.26. The summed E-state index contributed by atoms with van der Waals surface area (Å²) in [6.07, 6.45) is 0.255. The van der Waals surface area contributed by atoms with Crippen LogP contribution >= 0.6 is 23.2 Å². The minimum Gasteiger partial charge on any atom is -0.399 e. The molecule has 1 aromatic rings. The van der Waals surface area contributed by atoms with Gasteiger partial charge in [-0.25, -0.2) is 0 Å². The molecule has 2 atom stereocenters. The first-order valence-electron chi connectivity index (χ1n) is 5.09. The van der Waals surface area contributed by atoms with Gasteiger partial charge in [-0.3, -0.25) is 0 Å². The summed E-state index contributed by atoms with van der Waals surface area (Å²) in [6.45, 7) is 3.69. The lowest BCUT2D eigenvalue weighted by atomic mass is 10.1. The van der Waals surface area contributed by atoms with Gasteiger partial charge in [0.15, 0.2) is 0 Å². The quantitative estimate of drug-likeness (QED) is 0.731. The van der Waals surface area contributed by atoms with Crippen LogP contribution in [0.4, 0.5) is 11.4 Å². The Kier molecular flexibility index (Phi) is 4.71. The van der Waals surface area contributed by atoms with Crippen molar-refractivity contribution in [2.45, 2.75) is 32.4 Å². The molecule has 0 bridgehead atoms. The minimum atomic E-state index is -0.367. The maximum absolute atomic E-state index is 9.26. The Morgan fingerprint density at radius 3 is 2.25 bits per heavy atom. The lowest BCUT2D eigenvalue weighted by Crippen LogP contribution is -2.21. The number of benzene rings is 1. The molecule has 0 heterocycles. The molecule has 3 nitrogen and oxygen atoms in total. The molecule has 90 valence electrons. The molecule has 0 saturated carbocycles. The van der Waals surface area contributed by atoms with Crippen molar-refractivity contribution >= 4 is 34.6 Å². The molecule has 0 aliphatic carbocycles. The normalized spacial score (nSPS) is 14.6. The highest BCUT2D eigenvalue weighted by molar-refractivity contribution is 6.39. The van der Waals surface area contributed by atoms with Gasteiger partial charge in [-0.1, -0.05) is 23.2 Å². The fourth-order valence-electron chi connectivity index (χ4n) is 1.55. The van der Waals surface area contributed by atoms with Gasteiger partial charge in [0.25, 0.3) is 0 Å². The van der Waals surface area contributed by atoms with E-state index >= 15 is 0 Å². The zero-order valence-corrected chi connectivity index (χ0v) is 10.8. The van der Waals surface area contributed by atoms with Gasteiger partial charge in [0, 0.05) is 11.7 Å². The van der Waals surface area contributed by atoms with E-state index in [1.165, 1.54) is 0 Å². The predicted molar refractivity (Wildman–Crippen MR) is 70.3 cm³/mol. The Morgan fingerprint density at radius 1 is 1.31 bits per heavy atom. The zero-order chi connectivity index (χ0) is 12.3. The third-order valence-electron chi connectivity index (χ3n) is 2.15. The second-order valence-electron chi connectivity index (χ2n) is 3.99. The number of aliphatic hydroxyl groups is 1. The van der Waals surface area contributed by atoms with Crippen LogP contribution in [0.3, 0.4) is 0 Å². The molecule has 1 rings (SSSR count). The van der Waals surface area contributed by atoms with Gasteiger partial charge in [0.1, 0.15) is 0 Å². The standard InChI is InChI=1S/C11H16Cl2N2O/c1-6(3-7(2)16)15-11-9(12)4-8(14)5-10(11)13/h4-7,15-16H,3,14H2,1-2H3. The molecule has 0 radical (unpaired) electrons. The van der Waals surface area contributed by atoms with Crippen LogP contribution in [-0.2, 0) is 0 Å². The molecular formula is C11H16Cl2N2O. The molecule has 2 unspecified atom stereocenters. The Morgan fingerprint density at radius 2 is 1.81 bits per heavy atom. The lowest BCUT2D eigenvalue weighted by molar-refractivity contribution is 0.179. The van der Waals surface area contributed by atoms with E-state index in [-0.39, 0.29) is 12.1 Å². The number of anilines is 2. The van der Waals surface area contributed by atoms with Crippen molar-refractivity contribution in [1.29, 1.82) is 0 Å². The number of nitrogens with two attached hydrogens (primary N) is 1. The summed E-state index contributed by atoms with van der Waals surface area (Å²) in [5.74, 6) is 0. The van der Waals surface area contributed by atoms with Crippen LogP contribution in [-0.4, -0.2) is 17.3 Å². The van der Waals surface area contributed by atoms with Gasteiger partial charge in [0.05, 0.1) is 21.8 Å². The molecule has 5 heteroatoms. The van der Waals surface area contributed by atoms with Crippen LogP contribution in [0.1, 0.15) is 20.3 Å². The lowest BCUT2D eigenvalue weighted by Gasteiger charge is -2.19. The van der Waals surface area contributed by atoms with Crippen molar-refractivity contribution < 1.29 is 5.11 Å². The number of hydrogen-bond acceptors (Lipinski definition) is 3. The SMILES string of the molecule is CC(O)CC(C)Nc1c(Cl)cc(N)cc1Cl. The second kappa shape index (κ2) is 5.62. The molecule has 0 aromatic heterocycles. The van der Waals surface area contributed by atoms with Crippen molar-refractivity contribution in [2.24, 2.45) is 0 Å². The number of rotatable bonds is 4. The summed E-state index contributed by atoms with van der Waals surface area (Å²) in [4.78, 5) is 0. The first-order valence-corrected chi connectivity index (χ1v) is 5.85. The molecule has 16 heavy (non-hydrogen) atoms. The van der Waals surface area contributed by atoms with Gasteiger partial charge in [-0.2, -0.15) is 0 Å². The molecule has 0 spiro atoms. The van der Waals surface area contributed by atoms with Crippen molar-refractivity contribution in [2.75, 3.05) is 11.1 Å². The summed E-state index contributed by atoms with van der Waals surface area (Å²) in [6, 6.07) is 3.37. The Balaban J connectivity index is 2.81. The largest absolute Gasteiger partial charge is 0.399 e.